The maximum absolute atomic E-state index is 12.1. The number of carbonyl (C=O) groups is 1. The largest absolute Gasteiger partial charge is 0.356 e. The molecule has 1 saturated carbocycles. The summed E-state index contributed by atoms with van der Waals surface area (Å²) < 4.78 is 0. The summed E-state index contributed by atoms with van der Waals surface area (Å²) in [6, 6.07) is 0.490. The minimum absolute atomic E-state index is 0.238. The van der Waals surface area contributed by atoms with E-state index in [9.17, 15) is 4.79 Å². The molecule has 1 heterocycles. The number of hydrogen-bond donors (Lipinski definition) is 2. The van der Waals surface area contributed by atoms with Crippen LogP contribution < -0.4 is 10.6 Å². The normalized spacial score (nSPS) is 37.2. The number of nitrogens with one attached hydrogen (secondary N) is 2. The summed E-state index contributed by atoms with van der Waals surface area (Å²) in [5, 5.41) is 6.59. The van der Waals surface area contributed by atoms with Gasteiger partial charge in [-0.25, -0.2) is 0 Å². The first-order valence-corrected chi connectivity index (χ1v) is 7.66. The van der Waals surface area contributed by atoms with Crippen LogP contribution in [0.5, 0.6) is 0 Å². The third-order valence-corrected chi connectivity index (χ3v) is 4.60. The molecule has 0 spiro atoms. The van der Waals surface area contributed by atoms with Crippen molar-refractivity contribution in [3.63, 3.8) is 0 Å². The number of hydrogen-bond acceptors (Lipinski definition) is 2. The fourth-order valence-corrected chi connectivity index (χ4v) is 3.50. The maximum atomic E-state index is 12.1. The highest BCUT2D eigenvalue weighted by Gasteiger charge is 2.25. The van der Waals surface area contributed by atoms with Crippen LogP contribution in [-0.2, 0) is 4.79 Å². The molecule has 3 heteroatoms. The third-order valence-electron chi connectivity index (χ3n) is 4.60. The Labute approximate surface area is 111 Å². The number of carbonyl (C=O) groups excluding carboxylic acids is 1. The van der Waals surface area contributed by atoms with Gasteiger partial charge in [-0.1, -0.05) is 19.8 Å². The summed E-state index contributed by atoms with van der Waals surface area (Å²) >= 11 is 0. The van der Waals surface area contributed by atoms with Crippen LogP contribution in [0.3, 0.4) is 0 Å². The summed E-state index contributed by atoms with van der Waals surface area (Å²) in [5.74, 6) is 2.10. The van der Waals surface area contributed by atoms with Crippen molar-refractivity contribution < 1.29 is 4.79 Å². The molecule has 2 N–H and O–H groups in total. The summed E-state index contributed by atoms with van der Waals surface area (Å²) in [6.45, 7) is 6.39. The highest BCUT2D eigenvalue weighted by atomic mass is 16.1. The molecule has 104 valence electrons. The van der Waals surface area contributed by atoms with Crippen molar-refractivity contribution in [2.45, 2.75) is 58.4 Å². The van der Waals surface area contributed by atoms with Crippen LogP contribution in [0.4, 0.5) is 0 Å². The van der Waals surface area contributed by atoms with E-state index in [4.69, 9.17) is 0 Å². The monoisotopic (exact) mass is 252 g/mol. The first-order valence-electron chi connectivity index (χ1n) is 7.66. The Balaban J connectivity index is 1.70. The van der Waals surface area contributed by atoms with E-state index in [1.54, 1.807) is 0 Å². The van der Waals surface area contributed by atoms with Gasteiger partial charge in [0.2, 0.25) is 5.91 Å². The molecule has 1 saturated heterocycles. The van der Waals surface area contributed by atoms with Crippen LogP contribution in [-0.4, -0.2) is 25.0 Å². The molecule has 4 atom stereocenters. The summed E-state index contributed by atoms with van der Waals surface area (Å²) in [6.07, 6.45) is 7.29. The number of piperidine rings is 1. The lowest BCUT2D eigenvalue weighted by Gasteiger charge is -2.29. The SMILES string of the molecule is CC1CCCC(CNC(=O)[C@H]2CCN[C@@H](C)C2)C1. The lowest BCUT2D eigenvalue weighted by Crippen LogP contribution is -2.43. The Morgan fingerprint density at radius 3 is 2.78 bits per heavy atom. The maximum Gasteiger partial charge on any atom is 0.223 e. The predicted octanol–water partition coefficient (Wildman–Crippen LogP) is 2.32. The van der Waals surface area contributed by atoms with Crippen LogP contribution >= 0.6 is 0 Å². The molecule has 3 nitrogen and oxygen atoms in total. The standard InChI is InChI=1S/C15H28N2O/c1-11-4-3-5-13(8-11)10-17-15(18)14-6-7-16-12(2)9-14/h11-14,16H,3-10H2,1-2H3,(H,17,18)/t11?,12-,13?,14-/m0/s1. The average Bonchev–Trinajstić information content (AvgIpc) is 2.36. The van der Waals surface area contributed by atoms with E-state index < -0.39 is 0 Å². The Morgan fingerprint density at radius 1 is 1.22 bits per heavy atom. The number of rotatable bonds is 3. The zero-order chi connectivity index (χ0) is 13.0. The van der Waals surface area contributed by atoms with Crippen LogP contribution in [0.1, 0.15) is 52.4 Å². The van der Waals surface area contributed by atoms with Crippen LogP contribution in [0.15, 0.2) is 0 Å². The van der Waals surface area contributed by atoms with Crippen molar-refractivity contribution in [2.75, 3.05) is 13.1 Å². The van der Waals surface area contributed by atoms with Crippen LogP contribution in [0, 0.1) is 17.8 Å². The Kier molecular flexibility index (Phi) is 5.04. The van der Waals surface area contributed by atoms with E-state index >= 15 is 0 Å². The van der Waals surface area contributed by atoms with Gasteiger partial charge in [0.15, 0.2) is 0 Å². The second-order valence-electron chi connectivity index (χ2n) is 6.46. The Bertz CT molecular complexity index is 280. The van der Waals surface area contributed by atoms with E-state index in [1.165, 1.54) is 25.7 Å². The molecule has 0 bridgehead atoms. The van der Waals surface area contributed by atoms with Gasteiger partial charge < -0.3 is 10.6 Å². The van der Waals surface area contributed by atoms with Crippen molar-refractivity contribution in [1.29, 1.82) is 0 Å². The minimum atomic E-state index is 0.238. The van der Waals surface area contributed by atoms with Crippen molar-refractivity contribution >= 4 is 5.91 Å². The molecule has 2 rings (SSSR count). The molecular formula is C15H28N2O. The van der Waals surface area contributed by atoms with Gasteiger partial charge in [0.25, 0.3) is 0 Å². The van der Waals surface area contributed by atoms with Gasteiger partial charge in [0.1, 0.15) is 0 Å². The molecule has 2 fully saturated rings. The molecular weight excluding hydrogens is 224 g/mol. The Hall–Kier alpha value is -0.570. The molecule has 0 aromatic carbocycles. The minimum Gasteiger partial charge on any atom is -0.356 e. The average molecular weight is 252 g/mol. The predicted molar refractivity (Wildman–Crippen MR) is 74.3 cm³/mol. The quantitative estimate of drug-likeness (QED) is 0.809. The summed E-state index contributed by atoms with van der Waals surface area (Å²) in [4.78, 5) is 12.1. The second kappa shape index (κ2) is 6.55. The van der Waals surface area contributed by atoms with Gasteiger partial charge in [-0.3, -0.25) is 4.79 Å². The van der Waals surface area contributed by atoms with Gasteiger partial charge in [0.05, 0.1) is 0 Å². The first kappa shape index (κ1) is 13.9. The van der Waals surface area contributed by atoms with Gasteiger partial charge in [-0.15, -0.1) is 0 Å². The zero-order valence-corrected chi connectivity index (χ0v) is 11.9. The highest BCUT2D eigenvalue weighted by molar-refractivity contribution is 5.78. The first-order chi connectivity index (χ1) is 8.65. The molecule has 1 amide bonds. The van der Waals surface area contributed by atoms with Crippen LogP contribution in [0.2, 0.25) is 0 Å². The van der Waals surface area contributed by atoms with E-state index in [0.717, 1.165) is 37.8 Å². The van der Waals surface area contributed by atoms with Gasteiger partial charge in [-0.05, 0) is 51.0 Å². The second-order valence-corrected chi connectivity index (χ2v) is 6.46. The van der Waals surface area contributed by atoms with Crippen molar-refractivity contribution in [2.24, 2.45) is 17.8 Å². The molecule has 18 heavy (non-hydrogen) atoms. The van der Waals surface area contributed by atoms with E-state index in [-0.39, 0.29) is 5.92 Å². The lowest BCUT2D eigenvalue weighted by atomic mass is 9.82. The lowest BCUT2D eigenvalue weighted by molar-refractivity contribution is -0.126. The topological polar surface area (TPSA) is 41.1 Å². The molecule has 2 aliphatic rings. The molecule has 1 aliphatic heterocycles. The van der Waals surface area contributed by atoms with Crippen molar-refractivity contribution in [3.8, 4) is 0 Å². The molecule has 1 aliphatic carbocycles. The zero-order valence-electron chi connectivity index (χ0n) is 11.9. The summed E-state index contributed by atoms with van der Waals surface area (Å²) in [7, 11) is 0. The smallest absolute Gasteiger partial charge is 0.223 e. The molecule has 0 radical (unpaired) electrons. The fraction of sp³-hybridized carbons (Fsp3) is 0.933. The Morgan fingerprint density at radius 2 is 2.06 bits per heavy atom. The van der Waals surface area contributed by atoms with Crippen molar-refractivity contribution in [3.05, 3.63) is 0 Å². The summed E-state index contributed by atoms with van der Waals surface area (Å²) in [5.41, 5.74) is 0. The van der Waals surface area contributed by atoms with E-state index in [0.29, 0.717) is 11.9 Å². The third kappa shape index (κ3) is 3.98. The van der Waals surface area contributed by atoms with E-state index in [1.807, 2.05) is 0 Å². The van der Waals surface area contributed by atoms with E-state index in [2.05, 4.69) is 24.5 Å². The molecule has 0 aromatic heterocycles. The molecule has 2 unspecified atom stereocenters. The van der Waals surface area contributed by atoms with Gasteiger partial charge in [-0.2, -0.15) is 0 Å². The number of amides is 1. The molecule has 0 aromatic rings. The van der Waals surface area contributed by atoms with Crippen LogP contribution in [0.25, 0.3) is 0 Å². The van der Waals surface area contributed by atoms with Gasteiger partial charge >= 0.3 is 0 Å². The fourth-order valence-electron chi connectivity index (χ4n) is 3.50. The van der Waals surface area contributed by atoms with Gasteiger partial charge in [0, 0.05) is 18.5 Å². The highest BCUT2D eigenvalue weighted by Crippen LogP contribution is 2.28. The van der Waals surface area contributed by atoms with Crippen molar-refractivity contribution in [1.82, 2.24) is 10.6 Å².